The monoisotopic (exact) mass is 649 g/mol. The lowest BCUT2D eigenvalue weighted by Gasteiger charge is -2.20. The Morgan fingerprint density at radius 1 is 1.18 bits per heavy atom. The minimum absolute atomic E-state index is 0.272. The molecule has 0 bridgehead atoms. The van der Waals surface area contributed by atoms with Crippen LogP contribution in [0.3, 0.4) is 0 Å². The fourth-order valence-electron chi connectivity index (χ4n) is 4.13. The predicted molar refractivity (Wildman–Crippen MR) is 161 cm³/mol. The number of hydrogen-bond acceptors (Lipinski definition) is 9. The van der Waals surface area contributed by atoms with Crippen molar-refractivity contribution >= 4 is 90.4 Å². The summed E-state index contributed by atoms with van der Waals surface area (Å²) in [5, 5.41) is 15.3. The molecule has 0 radical (unpaired) electrons. The van der Waals surface area contributed by atoms with Crippen LogP contribution in [0.1, 0.15) is 31.2 Å². The Kier molecular flexibility index (Phi) is 11.0. The van der Waals surface area contributed by atoms with Crippen LogP contribution in [0.2, 0.25) is 10.0 Å². The standard InChI is InChI=1S/C25H26Cl2N2O6S4/c1-2-17(13-24-28(9-3-11-36-35-34-30)20-15-18(26)5-7-22(20)37-24)14-25-29(10-4-12-39(31,32)33)21-16-19(27)6-8-23(21)38-25/h5-8,13-16H,2-4,9-12H2,1H3,(H-,30,31,32,33)/p+1. The van der Waals surface area contributed by atoms with E-state index in [1.54, 1.807) is 23.1 Å². The molecule has 2 aromatic carbocycles. The number of rotatable bonds is 13. The maximum absolute atomic E-state index is 11.3. The fourth-order valence-corrected chi connectivity index (χ4v) is 7.60. The summed E-state index contributed by atoms with van der Waals surface area (Å²) in [5.74, 6) is 0.307. The van der Waals surface area contributed by atoms with Crippen molar-refractivity contribution in [1.82, 2.24) is 0 Å². The van der Waals surface area contributed by atoms with Gasteiger partial charge in [0.25, 0.3) is 15.1 Å². The highest BCUT2D eigenvalue weighted by Gasteiger charge is 2.26. The van der Waals surface area contributed by atoms with Gasteiger partial charge in [-0.1, -0.05) is 58.3 Å². The molecule has 0 fully saturated rings. The zero-order valence-electron chi connectivity index (χ0n) is 20.9. The lowest BCUT2D eigenvalue weighted by Crippen LogP contribution is -2.35. The zero-order chi connectivity index (χ0) is 28.0. The van der Waals surface area contributed by atoms with Crippen molar-refractivity contribution in [1.29, 1.82) is 0 Å². The van der Waals surface area contributed by atoms with Crippen molar-refractivity contribution < 1.29 is 32.2 Å². The van der Waals surface area contributed by atoms with Crippen LogP contribution < -0.4 is 9.47 Å². The molecule has 39 heavy (non-hydrogen) atoms. The molecule has 2 N–H and O–H groups in total. The normalized spacial score (nSPS) is 15.1. The molecule has 1 aliphatic heterocycles. The number of aryl methyl sites for hydroxylation is 1. The number of nitrogens with zero attached hydrogens (tertiary/aromatic N) is 2. The highest BCUT2D eigenvalue weighted by atomic mass is 35.5. The van der Waals surface area contributed by atoms with Crippen LogP contribution in [0.4, 0.5) is 5.69 Å². The SMILES string of the molecule is CCC(/C=C1\Sc2ccc(Cl)cc2N1CCCS(=O)(=O)O)=C\c1sc2ccc(Cl)cc2[n+]1CCCSOOO. The molecule has 210 valence electrons. The second-order valence-corrected chi connectivity index (χ2v) is 13.9. The van der Waals surface area contributed by atoms with E-state index in [0.29, 0.717) is 28.9 Å². The molecular weight excluding hydrogens is 623 g/mol. The number of thiazole rings is 1. The second kappa shape index (κ2) is 14.0. The van der Waals surface area contributed by atoms with E-state index < -0.39 is 10.1 Å². The topological polar surface area (TPSA) is 100 Å². The van der Waals surface area contributed by atoms with Gasteiger partial charge in [-0.2, -0.15) is 13.0 Å². The summed E-state index contributed by atoms with van der Waals surface area (Å²) in [6.45, 7) is 3.22. The predicted octanol–water partition coefficient (Wildman–Crippen LogP) is 7.48. The third-order valence-corrected chi connectivity index (χ3v) is 9.99. The maximum atomic E-state index is 11.3. The Morgan fingerprint density at radius 3 is 2.69 bits per heavy atom. The summed E-state index contributed by atoms with van der Waals surface area (Å²) >= 11 is 16.9. The number of halogens is 2. The molecule has 3 aromatic rings. The van der Waals surface area contributed by atoms with E-state index in [-0.39, 0.29) is 12.2 Å². The van der Waals surface area contributed by atoms with Crippen molar-refractivity contribution in [3.63, 3.8) is 0 Å². The number of fused-ring (bicyclic) bond motifs is 2. The van der Waals surface area contributed by atoms with Crippen LogP contribution in [0.15, 0.2) is 58.0 Å². The first-order valence-electron chi connectivity index (χ1n) is 12.0. The highest BCUT2D eigenvalue weighted by molar-refractivity contribution is 8.03. The Hall–Kier alpha value is -1.32. The van der Waals surface area contributed by atoms with Gasteiger partial charge in [-0.15, -0.1) is 4.33 Å². The number of thioether (sulfide) groups is 1. The third kappa shape index (κ3) is 8.35. The van der Waals surface area contributed by atoms with Crippen molar-refractivity contribution in [2.45, 2.75) is 37.6 Å². The van der Waals surface area contributed by atoms with Gasteiger partial charge in [0.1, 0.15) is 4.70 Å². The second-order valence-electron chi connectivity index (χ2n) is 8.58. The molecule has 8 nitrogen and oxygen atoms in total. The molecule has 0 unspecified atom stereocenters. The zero-order valence-corrected chi connectivity index (χ0v) is 25.7. The van der Waals surface area contributed by atoms with Gasteiger partial charge in [-0.05, 0) is 54.8 Å². The molecule has 0 amide bonds. The molecule has 0 saturated heterocycles. The molecule has 4 rings (SSSR count). The van der Waals surface area contributed by atoms with Gasteiger partial charge in [0.15, 0.2) is 6.54 Å². The Morgan fingerprint density at radius 2 is 1.95 bits per heavy atom. The summed E-state index contributed by atoms with van der Waals surface area (Å²) in [6, 6.07) is 11.5. The summed E-state index contributed by atoms with van der Waals surface area (Å²) in [5.41, 5.74) is 3.05. The molecule has 1 aliphatic rings. The smallest absolute Gasteiger partial charge is 0.264 e. The summed E-state index contributed by atoms with van der Waals surface area (Å²) in [6.07, 6.45) is 6.10. The van der Waals surface area contributed by atoms with Crippen molar-refractivity contribution in [3.8, 4) is 0 Å². The molecule has 14 heteroatoms. The Bertz CT molecular complexity index is 1490. The summed E-state index contributed by atoms with van der Waals surface area (Å²) in [4.78, 5) is 3.09. The van der Waals surface area contributed by atoms with E-state index in [4.69, 9.17) is 28.5 Å². The average molecular weight is 651 g/mol. The van der Waals surface area contributed by atoms with Crippen LogP contribution in [-0.4, -0.2) is 36.3 Å². The number of aromatic nitrogens is 1. The van der Waals surface area contributed by atoms with Crippen LogP contribution in [0, 0.1) is 0 Å². The van der Waals surface area contributed by atoms with Crippen LogP contribution in [0.25, 0.3) is 16.3 Å². The summed E-state index contributed by atoms with van der Waals surface area (Å²) in [7, 11) is -4.05. The number of anilines is 1. The maximum Gasteiger partial charge on any atom is 0.264 e. The first-order chi connectivity index (χ1) is 18.7. The molecule has 0 aliphatic carbocycles. The molecule has 0 atom stereocenters. The molecule has 1 aromatic heterocycles. The van der Waals surface area contributed by atoms with E-state index in [1.165, 1.54) is 0 Å². The van der Waals surface area contributed by atoms with E-state index in [0.717, 1.165) is 61.3 Å². The van der Waals surface area contributed by atoms with E-state index >= 15 is 0 Å². The molecule has 0 spiro atoms. The minimum Gasteiger partial charge on any atom is -0.335 e. The van der Waals surface area contributed by atoms with Crippen LogP contribution in [0.5, 0.6) is 0 Å². The van der Waals surface area contributed by atoms with Crippen LogP contribution in [-0.2, 0) is 26.0 Å². The van der Waals surface area contributed by atoms with Gasteiger partial charge in [-0.3, -0.25) is 4.55 Å². The lowest BCUT2D eigenvalue weighted by molar-refractivity contribution is -0.668. The third-order valence-electron chi connectivity index (χ3n) is 5.88. The highest BCUT2D eigenvalue weighted by Crippen LogP contribution is 2.47. The van der Waals surface area contributed by atoms with Gasteiger partial charge in [0.2, 0.25) is 5.52 Å². The first kappa shape index (κ1) is 30.6. The van der Waals surface area contributed by atoms with Gasteiger partial charge >= 0.3 is 0 Å². The largest absolute Gasteiger partial charge is 0.335 e. The van der Waals surface area contributed by atoms with Crippen molar-refractivity contribution in [2.24, 2.45) is 0 Å². The molecule has 2 heterocycles. The van der Waals surface area contributed by atoms with E-state index in [9.17, 15) is 13.0 Å². The quantitative estimate of drug-likeness (QED) is 0.0487. The first-order valence-corrected chi connectivity index (χ1v) is 16.9. The van der Waals surface area contributed by atoms with Crippen molar-refractivity contribution in [3.05, 3.63) is 68.1 Å². The molecular formula is C25H27Cl2N2O6S4+. The van der Waals surface area contributed by atoms with Gasteiger partial charge in [0, 0.05) is 57.8 Å². The fraction of sp³-hybridized carbons (Fsp3) is 0.320. The number of benzene rings is 2. The minimum atomic E-state index is -4.05. The van der Waals surface area contributed by atoms with Gasteiger partial charge in [0.05, 0.1) is 16.5 Å². The van der Waals surface area contributed by atoms with Crippen LogP contribution >= 0.6 is 58.3 Å². The number of allylic oxidation sites excluding steroid dienone is 2. The Balaban J connectivity index is 1.67. The lowest BCUT2D eigenvalue weighted by atomic mass is 10.2. The summed E-state index contributed by atoms with van der Waals surface area (Å²) < 4.78 is 39.7. The molecule has 0 saturated carbocycles. The Labute approximate surface area is 250 Å². The number of hydrogen-bond donors (Lipinski definition) is 2. The van der Waals surface area contributed by atoms with E-state index in [2.05, 4.69) is 37.9 Å². The van der Waals surface area contributed by atoms with Crippen molar-refractivity contribution in [2.75, 3.05) is 23.0 Å². The average Bonchev–Trinajstić information content (AvgIpc) is 3.39. The van der Waals surface area contributed by atoms with Gasteiger partial charge in [-0.25, -0.2) is 5.26 Å². The van der Waals surface area contributed by atoms with E-state index in [1.807, 2.05) is 36.4 Å². The van der Waals surface area contributed by atoms with Gasteiger partial charge < -0.3 is 4.90 Å².